The lowest BCUT2D eigenvalue weighted by atomic mass is 10.1. The summed E-state index contributed by atoms with van der Waals surface area (Å²) >= 11 is 1.74. The van der Waals surface area contributed by atoms with Gasteiger partial charge in [0.1, 0.15) is 0 Å². The first-order chi connectivity index (χ1) is 13.7. The molecule has 0 spiro atoms. The van der Waals surface area contributed by atoms with Crippen molar-refractivity contribution in [2.75, 3.05) is 31.6 Å². The summed E-state index contributed by atoms with van der Waals surface area (Å²) in [6.45, 7) is 4.79. The molecule has 2 aromatic heterocycles. The smallest absolute Gasteiger partial charge is 0.222 e. The second-order valence-electron chi connectivity index (χ2n) is 6.98. The molecule has 1 aliphatic rings. The van der Waals surface area contributed by atoms with Crippen molar-refractivity contribution in [1.82, 2.24) is 14.9 Å². The van der Waals surface area contributed by atoms with Crippen molar-refractivity contribution in [1.29, 1.82) is 0 Å². The first-order valence-electron chi connectivity index (χ1n) is 9.89. The summed E-state index contributed by atoms with van der Waals surface area (Å²) < 4.78 is 1.36. The summed E-state index contributed by atoms with van der Waals surface area (Å²) in [5.74, 6) is 0.291. The molecule has 5 nitrogen and oxygen atoms in total. The van der Waals surface area contributed by atoms with Crippen LogP contribution in [-0.4, -0.2) is 47.5 Å². The number of hydrogen-bond acceptors (Lipinski definition) is 5. The number of likely N-dealkylation sites (tertiary alicyclic amines) is 1. The third kappa shape index (κ3) is 5.29. The zero-order valence-corrected chi connectivity index (χ0v) is 17.5. The summed E-state index contributed by atoms with van der Waals surface area (Å²) in [7, 11) is 2.03. The normalized spacial score (nSPS) is 13.5. The maximum Gasteiger partial charge on any atom is 0.222 e. The number of benzene rings is 1. The highest BCUT2D eigenvalue weighted by atomic mass is 32.1. The number of anilines is 1. The fourth-order valence-corrected chi connectivity index (χ4v) is 4.17. The van der Waals surface area contributed by atoms with Crippen LogP contribution in [0.2, 0.25) is 0 Å². The van der Waals surface area contributed by atoms with Crippen LogP contribution in [0.1, 0.15) is 31.7 Å². The first kappa shape index (κ1) is 20.3. The van der Waals surface area contributed by atoms with Crippen molar-refractivity contribution in [2.24, 2.45) is 0 Å². The molecule has 3 aromatic rings. The van der Waals surface area contributed by atoms with E-state index >= 15 is 0 Å². The standard InChI is InChI=1S/C12H17N3O.C10H11NS/c1-14(11-4-2-6-13-10-11)8-9-15-7-3-5-12(15)16;1-2-4-8-5-3-6-9-10(8)12-7-11-9/h2,4,6,10H,3,5,7-9H2,1H3;3,5-7H,2,4H2,1H3. The van der Waals surface area contributed by atoms with Gasteiger partial charge in [0.15, 0.2) is 0 Å². The van der Waals surface area contributed by atoms with Gasteiger partial charge in [0.25, 0.3) is 0 Å². The van der Waals surface area contributed by atoms with Gasteiger partial charge in [-0.2, -0.15) is 0 Å². The van der Waals surface area contributed by atoms with E-state index in [0.717, 1.165) is 43.7 Å². The summed E-state index contributed by atoms with van der Waals surface area (Å²) in [5.41, 5.74) is 5.60. The number of nitrogens with zero attached hydrogens (tertiary/aromatic N) is 4. The summed E-state index contributed by atoms with van der Waals surface area (Å²) in [6, 6.07) is 10.3. The Hall–Kier alpha value is -2.47. The topological polar surface area (TPSA) is 49.3 Å². The van der Waals surface area contributed by atoms with E-state index in [1.165, 1.54) is 23.1 Å². The molecule has 0 saturated carbocycles. The molecule has 4 rings (SSSR count). The lowest BCUT2D eigenvalue weighted by Gasteiger charge is -2.22. The van der Waals surface area contributed by atoms with Crippen LogP contribution in [0, 0.1) is 0 Å². The number of amides is 1. The van der Waals surface area contributed by atoms with Gasteiger partial charge < -0.3 is 9.80 Å². The Balaban J connectivity index is 0.000000167. The van der Waals surface area contributed by atoms with E-state index < -0.39 is 0 Å². The molecule has 1 amide bonds. The minimum absolute atomic E-state index is 0.291. The van der Waals surface area contributed by atoms with Crippen LogP contribution in [0.4, 0.5) is 5.69 Å². The van der Waals surface area contributed by atoms with Crippen LogP contribution in [0.25, 0.3) is 10.2 Å². The van der Waals surface area contributed by atoms with Crippen molar-refractivity contribution in [3.05, 3.63) is 53.8 Å². The van der Waals surface area contributed by atoms with E-state index in [0.29, 0.717) is 5.91 Å². The maximum atomic E-state index is 11.4. The third-order valence-corrected chi connectivity index (χ3v) is 5.84. The van der Waals surface area contributed by atoms with Crippen molar-refractivity contribution in [3.63, 3.8) is 0 Å². The van der Waals surface area contributed by atoms with E-state index in [1.54, 1.807) is 17.5 Å². The number of carbonyl (C=O) groups is 1. The van der Waals surface area contributed by atoms with Gasteiger partial charge in [0, 0.05) is 39.3 Å². The first-order valence-corrected chi connectivity index (χ1v) is 10.8. The Morgan fingerprint density at radius 3 is 2.86 bits per heavy atom. The van der Waals surface area contributed by atoms with E-state index in [2.05, 4.69) is 40.0 Å². The molecule has 6 heteroatoms. The second-order valence-corrected chi connectivity index (χ2v) is 7.84. The van der Waals surface area contributed by atoms with Gasteiger partial charge in [-0.15, -0.1) is 11.3 Å². The highest BCUT2D eigenvalue weighted by Gasteiger charge is 2.19. The Labute approximate surface area is 171 Å². The Kier molecular flexibility index (Phi) is 7.37. The fraction of sp³-hybridized carbons (Fsp3) is 0.409. The molecular formula is C22H28N4OS. The molecule has 0 aliphatic carbocycles. The molecule has 148 valence electrons. The minimum atomic E-state index is 0.291. The molecular weight excluding hydrogens is 368 g/mol. The monoisotopic (exact) mass is 396 g/mol. The number of likely N-dealkylation sites (N-methyl/N-ethyl adjacent to an activating group) is 1. The predicted molar refractivity (Wildman–Crippen MR) is 117 cm³/mol. The van der Waals surface area contributed by atoms with Crippen molar-refractivity contribution >= 4 is 33.1 Å². The molecule has 3 heterocycles. The number of aryl methyl sites for hydroxylation is 1. The van der Waals surface area contributed by atoms with Gasteiger partial charge in [-0.05, 0) is 36.6 Å². The largest absolute Gasteiger partial charge is 0.372 e. The molecule has 0 N–H and O–H groups in total. The average molecular weight is 397 g/mol. The van der Waals surface area contributed by atoms with Gasteiger partial charge in [0.05, 0.1) is 27.6 Å². The number of carbonyl (C=O) groups excluding carboxylic acids is 1. The van der Waals surface area contributed by atoms with Gasteiger partial charge in [0.2, 0.25) is 5.91 Å². The van der Waals surface area contributed by atoms with Crippen LogP contribution in [0.5, 0.6) is 0 Å². The van der Waals surface area contributed by atoms with Crippen LogP contribution >= 0.6 is 11.3 Å². The van der Waals surface area contributed by atoms with E-state index in [-0.39, 0.29) is 0 Å². The average Bonchev–Trinajstić information content (AvgIpc) is 3.37. The van der Waals surface area contributed by atoms with Crippen LogP contribution in [0.15, 0.2) is 48.2 Å². The van der Waals surface area contributed by atoms with Gasteiger partial charge >= 0.3 is 0 Å². The lowest BCUT2D eigenvalue weighted by molar-refractivity contribution is -0.127. The molecule has 0 atom stereocenters. The predicted octanol–water partition coefficient (Wildman–Crippen LogP) is 4.39. The Bertz CT molecular complexity index is 880. The van der Waals surface area contributed by atoms with Gasteiger partial charge in [-0.1, -0.05) is 25.5 Å². The van der Waals surface area contributed by atoms with Crippen LogP contribution < -0.4 is 4.90 Å². The quantitative estimate of drug-likeness (QED) is 0.620. The molecule has 1 saturated heterocycles. The highest BCUT2D eigenvalue weighted by Crippen LogP contribution is 2.22. The van der Waals surface area contributed by atoms with E-state index in [9.17, 15) is 4.79 Å². The number of fused-ring (bicyclic) bond motifs is 1. The summed E-state index contributed by atoms with van der Waals surface area (Å²) in [6.07, 6.45) is 7.70. The summed E-state index contributed by atoms with van der Waals surface area (Å²) in [5, 5.41) is 0. The van der Waals surface area contributed by atoms with Crippen molar-refractivity contribution in [3.8, 4) is 0 Å². The fourth-order valence-electron chi connectivity index (χ4n) is 3.33. The molecule has 1 fully saturated rings. The Morgan fingerprint density at radius 1 is 1.25 bits per heavy atom. The number of pyridine rings is 1. The van der Waals surface area contributed by atoms with E-state index in [4.69, 9.17) is 0 Å². The lowest BCUT2D eigenvalue weighted by Crippen LogP contribution is -2.33. The molecule has 0 unspecified atom stereocenters. The van der Waals surface area contributed by atoms with Gasteiger partial charge in [-0.25, -0.2) is 4.98 Å². The zero-order chi connectivity index (χ0) is 19.8. The third-order valence-electron chi connectivity index (χ3n) is 4.92. The SMILES string of the molecule is CCCc1cccc2ncsc12.CN(CCN1CCCC1=O)c1cccnc1. The molecule has 28 heavy (non-hydrogen) atoms. The Morgan fingerprint density at radius 2 is 2.14 bits per heavy atom. The van der Waals surface area contributed by atoms with Crippen molar-refractivity contribution in [2.45, 2.75) is 32.6 Å². The molecule has 1 aromatic carbocycles. The number of rotatable bonds is 6. The molecule has 0 radical (unpaired) electrons. The molecule has 0 bridgehead atoms. The van der Waals surface area contributed by atoms with Crippen LogP contribution in [0.3, 0.4) is 0 Å². The number of thiazole rings is 1. The second kappa shape index (κ2) is 10.2. The molecule has 1 aliphatic heterocycles. The number of hydrogen-bond donors (Lipinski definition) is 0. The highest BCUT2D eigenvalue weighted by molar-refractivity contribution is 7.16. The van der Waals surface area contributed by atoms with Crippen LogP contribution in [-0.2, 0) is 11.2 Å². The maximum absolute atomic E-state index is 11.4. The van der Waals surface area contributed by atoms with E-state index in [1.807, 2.05) is 35.8 Å². The van der Waals surface area contributed by atoms with Gasteiger partial charge in [-0.3, -0.25) is 9.78 Å². The summed E-state index contributed by atoms with van der Waals surface area (Å²) in [4.78, 5) is 23.8. The minimum Gasteiger partial charge on any atom is -0.372 e. The number of aromatic nitrogens is 2. The van der Waals surface area contributed by atoms with Crippen molar-refractivity contribution < 1.29 is 4.79 Å². The zero-order valence-electron chi connectivity index (χ0n) is 16.7.